The van der Waals surface area contributed by atoms with E-state index in [1.807, 2.05) is 0 Å². The van der Waals surface area contributed by atoms with Gasteiger partial charge in [0.15, 0.2) is 0 Å². The normalized spacial score (nSPS) is 14.8. The van der Waals surface area contributed by atoms with E-state index in [1.54, 1.807) is 12.1 Å². The number of benzene rings is 1. The minimum atomic E-state index is -0.398. The van der Waals surface area contributed by atoms with Gasteiger partial charge < -0.3 is 11.1 Å². The fourth-order valence-corrected chi connectivity index (χ4v) is 1.68. The molecule has 0 saturated heterocycles. The van der Waals surface area contributed by atoms with Crippen LogP contribution in [0.1, 0.15) is 31.9 Å². The van der Waals surface area contributed by atoms with Crippen molar-refractivity contribution < 1.29 is 4.39 Å². The van der Waals surface area contributed by atoms with E-state index in [9.17, 15) is 4.39 Å². The van der Waals surface area contributed by atoms with Gasteiger partial charge in [-0.3, -0.25) is 0 Å². The average Bonchev–Trinajstić information content (AvgIpc) is 2.29. The zero-order valence-electron chi connectivity index (χ0n) is 9.63. The molecular weight excluding hydrogens is 227 g/mol. The Labute approximate surface area is 101 Å². The summed E-state index contributed by atoms with van der Waals surface area (Å²) in [6.45, 7) is 4.66. The molecule has 2 unspecified atom stereocenters. The van der Waals surface area contributed by atoms with E-state index in [0.717, 1.165) is 12.0 Å². The topological polar surface area (TPSA) is 38.0 Å². The third-order valence-corrected chi connectivity index (χ3v) is 2.97. The van der Waals surface area contributed by atoms with E-state index in [-0.39, 0.29) is 11.1 Å². The van der Waals surface area contributed by atoms with Crippen LogP contribution in [0, 0.1) is 5.82 Å². The van der Waals surface area contributed by atoms with Crippen LogP contribution in [0.25, 0.3) is 0 Å². The molecule has 0 aliphatic heterocycles. The van der Waals surface area contributed by atoms with Gasteiger partial charge in [-0.25, -0.2) is 4.39 Å². The van der Waals surface area contributed by atoms with Crippen molar-refractivity contribution in [3.05, 3.63) is 34.6 Å². The van der Waals surface area contributed by atoms with Crippen LogP contribution < -0.4 is 11.1 Å². The molecule has 0 aromatic heterocycles. The molecule has 0 spiro atoms. The maximum atomic E-state index is 13.0. The van der Waals surface area contributed by atoms with E-state index >= 15 is 0 Å². The number of nitrogens with one attached hydrogen (secondary N) is 1. The summed E-state index contributed by atoms with van der Waals surface area (Å²) in [4.78, 5) is 0. The molecule has 0 aliphatic rings. The number of rotatable bonds is 5. The van der Waals surface area contributed by atoms with Crippen molar-refractivity contribution in [1.29, 1.82) is 0 Å². The van der Waals surface area contributed by atoms with Gasteiger partial charge in [0.2, 0.25) is 0 Å². The van der Waals surface area contributed by atoms with Crippen molar-refractivity contribution in [3.63, 3.8) is 0 Å². The Bertz CT molecular complexity index is 344. The molecular formula is C12H18ClFN2. The molecule has 0 radical (unpaired) electrons. The molecule has 0 amide bonds. The highest BCUT2D eigenvalue weighted by Crippen LogP contribution is 2.21. The van der Waals surface area contributed by atoms with Crippen LogP contribution in [-0.2, 0) is 0 Å². The van der Waals surface area contributed by atoms with Gasteiger partial charge in [0.05, 0.1) is 5.02 Å². The summed E-state index contributed by atoms with van der Waals surface area (Å²) in [7, 11) is 0. The zero-order valence-corrected chi connectivity index (χ0v) is 10.4. The highest BCUT2D eigenvalue weighted by Gasteiger charge is 2.13. The van der Waals surface area contributed by atoms with Crippen LogP contribution >= 0.6 is 11.6 Å². The molecule has 0 fully saturated rings. The van der Waals surface area contributed by atoms with Crippen molar-refractivity contribution in [1.82, 2.24) is 5.32 Å². The van der Waals surface area contributed by atoms with Crippen LogP contribution in [0.3, 0.4) is 0 Å². The Hall–Kier alpha value is -0.640. The van der Waals surface area contributed by atoms with E-state index in [4.69, 9.17) is 17.3 Å². The van der Waals surface area contributed by atoms with Gasteiger partial charge in [-0.2, -0.15) is 0 Å². The van der Waals surface area contributed by atoms with Gasteiger partial charge in [-0.05, 0) is 31.0 Å². The van der Waals surface area contributed by atoms with E-state index in [0.29, 0.717) is 12.6 Å². The largest absolute Gasteiger partial charge is 0.329 e. The van der Waals surface area contributed by atoms with Crippen molar-refractivity contribution in [2.75, 3.05) is 6.54 Å². The Morgan fingerprint density at radius 1 is 1.50 bits per heavy atom. The highest BCUT2D eigenvalue weighted by atomic mass is 35.5. The predicted molar refractivity (Wildman–Crippen MR) is 66.1 cm³/mol. The summed E-state index contributed by atoms with van der Waals surface area (Å²) in [5.74, 6) is -0.398. The molecule has 4 heteroatoms. The first-order chi connectivity index (χ1) is 7.58. The van der Waals surface area contributed by atoms with Gasteiger partial charge >= 0.3 is 0 Å². The molecule has 0 aliphatic carbocycles. The monoisotopic (exact) mass is 244 g/mol. The molecule has 0 heterocycles. The number of nitrogens with two attached hydrogens (primary N) is 1. The lowest BCUT2D eigenvalue weighted by atomic mass is 10.1. The van der Waals surface area contributed by atoms with Crippen LogP contribution in [0.5, 0.6) is 0 Å². The standard InChI is InChI=1S/C12H18ClFN2/c1-3-8(2)16-12(7-15)9-4-5-11(14)10(13)6-9/h4-6,8,12,16H,3,7,15H2,1-2H3. The summed E-state index contributed by atoms with van der Waals surface area (Å²) in [5, 5.41) is 3.51. The fourth-order valence-electron chi connectivity index (χ4n) is 1.49. The van der Waals surface area contributed by atoms with Crippen LogP contribution in [0.15, 0.2) is 18.2 Å². The fraction of sp³-hybridized carbons (Fsp3) is 0.500. The van der Waals surface area contributed by atoms with Crippen LogP contribution in [0.2, 0.25) is 5.02 Å². The van der Waals surface area contributed by atoms with Crippen LogP contribution in [0.4, 0.5) is 4.39 Å². The summed E-state index contributed by atoms with van der Waals surface area (Å²) in [6, 6.07) is 5.11. The maximum absolute atomic E-state index is 13.0. The quantitative estimate of drug-likeness (QED) is 0.836. The summed E-state index contributed by atoms with van der Waals surface area (Å²) < 4.78 is 13.0. The Morgan fingerprint density at radius 3 is 2.69 bits per heavy atom. The lowest BCUT2D eigenvalue weighted by Crippen LogP contribution is -2.34. The Kier molecular flexibility index (Phi) is 5.19. The van der Waals surface area contributed by atoms with E-state index in [1.165, 1.54) is 6.07 Å². The Balaban J connectivity index is 2.82. The molecule has 1 aromatic rings. The highest BCUT2D eigenvalue weighted by molar-refractivity contribution is 6.30. The molecule has 90 valence electrons. The van der Waals surface area contributed by atoms with Crippen molar-refractivity contribution in [2.45, 2.75) is 32.4 Å². The zero-order chi connectivity index (χ0) is 12.1. The second kappa shape index (κ2) is 6.18. The average molecular weight is 245 g/mol. The second-order valence-electron chi connectivity index (χ2n) is 3.94. The lowest BCUT2D eigenvalue weighted by Gasteiger charge is -2.21. The summed E-state index contributed by atoms with van der Waals surface area (Å²) in [6.07, 6.45) is 1.02. The lowest BCUT2D eigenvalue weighted by molar-refractivity contribution is 0.451. The van der Waals surface area contributed by atoms with Gasteiger partial charge in [0.1, 0.15) is 5.82 Å². The minimum absolute atomic E-state index is 0.0213. The molecule has 16 heavy (non-hydrogen) atoms. The maximum Gasteiger partial charge on any atom is 0.141 e. The third kappa shape index (κ3) is 3.44. The SMILES string of the molecule is CCC(C)NC(CN)c1ccc(F)c(Cl)c1. The first kappa shape index (κ1) is 13.4. The summed E-state index contributed by atoms with van der Waals surface area (Å²) >= 11 is 5.74. The molecule has 2 nitrogen and oxygen atoms in total. The molecule has 0 saturated carbocycles. The van der Waals surface area contributed by atoms with Crippen molar-refractivity contribution in [3.8, 4) is 0 Å². The predicted octanol–water partition coefficient (Wildman–Crippen LogP) is 2.87. The van der Waals surface area contributed by atoms with E-state index < -0.39 is 5.82 Å². The van der Waals surface area contributed by atoms with Gasteiger partial charge in [-0.15, -0.1) is 0 Å². The molecule has 2 atom stereocenters. The number of hydrogen-bond acceptors (Lipinski definition) is 2. The first-order valence-electron chi connectivity index (χ1n) is 5.49. The Morgan fingerprint density at radius 2 is 2.19 bits per heavy atom. The van der Waals surface area contributed by atoms with Gasteiger partial charge in [-0.1, -0.05) is 24.6 Å². The number of halogens is 2. The molecule has 3 N–H and O–H groups in total. The van der Waals surface area contributed by atoms with Crippen molar-refractivity contribution >= 4 is 11.6 Å². The minimum Gasteiger partial charge on any atom is -0.329 e. The molecule has 1 aromatic carbocycles. The third-order valence-electron chi connectivity index (χ3n) is 2.68. The van der Waals surface area contributed by atoms with Gasteiger partial charge in [0.25, 0.3) is 0 Å². The molecule has 1 rings (SSSR count). The van der Waals surface area contributed by atoms with Gasteiger partial charge in [0, 0.05) is 18.6 Å². The second-order valence-corrected chi connectivity index (χ2v) is 4.34. The number of hydrogen-bond donors (Lipinski definition) is 2. The summed E-state index contributed by atoms with van der Waals surface area (Å²) in [5.41, 5.74) is 6.62. The smallest absolute Gasteiger partial charge is 0.141 e. The van der Waals surface area contributed by atoms with Crippen LogP contribution in [-0.4, -0.2) is 12.6 Å². The van der Waals surface area contributed by atoms with Crippen molar-refractivity contribution in [2.24, 2.45) is 5.73 Å². The van der Waals surface area contributed by atoms with E-state index in [2.05, 4.69) is 19.2 Å². The first-order valence-corrected chi connectivity index (χ1v) is 5.87. The molecule has 0 bridgehead atoms.